The Labute approximate surface area is 116 Å². The number of aryl methyl sites for hydroxylation is 1. The second-order valence-corrected chi connectivity index (χ2v) is 4.78. The van der Waals surface area contributed by atoms with Gasteiger partial charge in [0, 0.05) is 12.6 Å². The highest BCUT2D eigenvalue weighted by atomic mass is 19.1. The predicted octanol–water partition coefficient (Wildman–Crippen LogP) is 3.23. The molecule has 100 valence electrons. The summed E-state index contributed by atoms with van der Waals surface area (Å²) in [6, 6.07) is 12.2. The van der Waals surface area contributed by atoms with Gasteiger partial charge < -0.3 is 4.90 Å². The summed E-state index contributed by atoms with van der Waals surface area (Å²) in [7, 11) is 1.71. The molecule has 0 saturated carbocycles. The number of para-hydroxylation sites is 1. The third kappa shape index (κ3) is 1.90. The Hall–Kier alpha value is -2.49. The van der Waals surface area contributed by atoms with Crippen LogP contribution in [0.2, 0.25) is 0 Å². The van der Waals surface area contributed by atoms with Gasteiger partial charge in [-0.3, -0.25) is 4.79 Å². The number of hydrogen-bond acceptors (Lipinski definition) is 2. The zero-order valence-electron chi connectivity index (χ0n) is 11.2. The molecule has 0 N–H and O–H groups in total. The molecule has 0 atom stereocenters. The van der Waals surface area contributed by atoms with Gasteiger partial charge in [-0.15, -0.1) is 0 Å². The SMILES string of the molecule is Cc1ccc(N=C2C(=O)N(C)c3ccccc32)cc1F. The van der Waals surface area contributed by atoms with Crippen molar-refractivity contribution in [3.8, 4) is 0 Å². The first-order valence-electron chi connectivity index (χ1n) is 6.30. The highest BCUT2D eigenvalue weighted by Crippen LogP contribution is 2.29. The van der Waals surface area contributed by atoms with Crippen LogP contribution in [-0.2, 0) is 4.79 Å². The Bertz CT molecular complexity index is 737. The molecule has 4 heteroatoms. The maximum absolute atomic E-state index is 13.6. The molecule has 0 spiro atoms. The van der Waals surface area contributed by atoms with E-state index < -0.39 is 0 Å². The van der Waals surface area contributed by atoms with Crippen LogP contribution < -0.4 is 4.90 Å². The summed E-state index contributed by atoms with van der Waals surface area (Å²) in [4.78, 5) is 18.1. The standard InChI is InChI=1S/C16H13FN2O/c1-10-7-8-11(9-13(10)17)18-15-12-5-3-4-6-14(12)19(2)16(15)20/h3-9H,1-2H3. The summed E-state index contributed by atoms with van der Waals surface area (Å²) in [5.41, 5.74) is 2.96. The molecule has 1 aliphatic heterocycles. The van der Waals surface area contributed by atoms with Gasteiger partial charge in [0.15, 0.2) is 0 Å². The molecule has 2 aromatic carbocycles. The summed E-state index contributed by atoms with van der Waals surface area (Å²) in [6.45, 7) is 1.69. The van der Waals surface area contributed by atoms with E-state index in [1.165, 1.54) is 6.07 Å². The molecule has 1 heterocycles. The number of carbonyl (C=O) groups excluding carboxylic acids is 1. The summed E-state index contributed by atoms with van der Waals surface area (Å²) < 4.78 is 13.6. The number of anilines is 1. The summed E-state index contributed by atoms with van der Waals surface area (Å²) in [5.74, 6) is -0.494. The highest BCUT2D eigenvalue weighted by molar-refractivity contribution is 6.54. The van der Waals surface area contributed by atoms with Gasteiger partial charge in [-0.05, 0) is 30.7 Å². The number of carbonyl (C=O) groups is 1. The van der Waals surface area contributed by atoms with Gasteiger partial charge in [-0.25, -0.2) is 9.38 Å². The second kappa shape index (κ2) is 4.56. The van der Waals surface area contributed by atoms with E-state index in [9.17, 15) is 9.18 Å². The molecule has 0 aromatic heterocycles. The Kier molecular flexibility index (Phi) is 2.86. The van der Waals surface area contributed by atoms with Crippen molar-refractivity contribution in [2.75, 3.05) is 11.9 Å². The quantitative estimate of drug-likeness (QED) is 0.781. The van der Waals surface area contributed by atoms with Gasteiger partial charge in [0.1, 0.15) is 11.5 Å². The molecular weight excluding hydrogens is 255 g/mol. The van der Waals surface area contributed by atoms with Crippen LogP contribution in [0.3, 0.4) is 0 Å². The van der Waals surface area contributed by atoms with Crippen LogP contribution in [0, 0.1) is 12.7 Å². The monoisotopic (exact) mass is 268 g/mol. The van der Waals surface area contributed by atoms with E-state index in [2.05, 4.69) is 4.99 Å². The summed E-state index contributed by atoms with van der Waals surface area (Å²) >= 11 is 0. The van der Waals surface area contributed by atoms with E-state index in [0.717, 1.165) is 11.3 Å². The molecule has 0 radical (unpaired) electrons. The lowest BCUT2D eigenvalue weighted by atomic mass is 10.1. The number of amides is 1. The summed E-state index contributed by atoms with van der Waals surface area (Å²) in [5, 5.41) is 0. The van der Waals surface area contributed by atoms with Crippen LogP contribution in [-0.4, -0.2) is 18.7 Å². The largest absolute Gasteiger partial charge is 0.309 e. The molecule has 2 aromatic rings. The third-order valence-corrected chi connectivity index (χ3v) is 3.42. The van der Waals surface area contributed by atoms with Crippen molar-refractivity contribution in [3.05, 3.63) is 59.4 Å². The molecule has 0 fully saturated rings. The van der Waals surface area contributed by atoms with Gasteiger partial charge in [-0.2, -0.15) is 0 Å². The lowest BCUT2D eigenvalue weighted by Gasteiger charge is -2.07. The van der Waals surface area contributed by atoms with E-state index in [4.69, 9.17) is 0 Å². The number of fused-ring (bicyclic) bond motifs is 1. The van der Waals surface area contributed by atoms with Crippen LogP contribution in [0.5, 0.6) is 0 Å². The molecule has 0 saturated heterocycles. The van der Waals surface area contributed by atoms with E-state index in [0.29, 0.717) is 17.0 Å². The molecule has 1 aliphatic rings. The first kappa shape index (κ1) is 12.5. The minimum atomic E-state index is -0.320. The Morgan fingerprint density at radius 3 is 2.65 bits per heavy atom. The molecule has 0 bridgehead atoms. The Morgan fingerprint density at radius 2 is 1.90 bits per heavy atom. The molecule has 3 rings (SSSR count). The van der Waals surface area contributed by atoms with Crippen LogP contribution >= 0.6 is 0 Å². The number of aliphatic imine (C=N–C) groups is 1. The normalized spacial score (nSPS) is 15.8. The van der Waals surface area contributed by atoms with Gasteiger partial charge in [0.2, 0.25) is 0 Å². The number of hydrogen-bond donors (Lipinski definition) is 0. The number of rotatable bonds is 1. The van der Waals surface area contributed by atoms with Crippen molar-refractivity contribution in [1.29, 1.82) is 0 Å². The molecular formula is C16H13FN2O. The van der Waals surface area contributed by atoms with Crippen molar-refractivity contribution in [2.24, 2.45) is 4.99 Å². The van der Waals surface area contributed by atoms with Gasteiger partial charge in [-0.1, -0.05) is 24.3 Å². The number of halogens is 1. The lowest BCUT2D eigenvalue weighted by molar-refractivity contribution is -0.111. The average molecular weight is 268 g/mol. The molecule has 3 nitrogen and oxygen atoms in total. The fourth-order valence-electron chi connectivity index (χ4n) is 2.24. The fourth-order valence-corrected chi connectivity index (χ4v) is 2.24. The predicted molar refractivity (Wildman–Crippen MR) is 77.2 cm³/mol. The zero-order valence-corrected chi connectivity index (χ0v) is 11.2. The van der Waals surface area contributed by atoms with Gasteiger partial charge >= 0.3 is 0 Å². The van der Waals surface area contributed by atoms with E-state index in [1.54, 1.807) is 31.0 Å². The van der Waals surface area contributed by atoms with Crippen molar-refractivity contribution >= 4 is 23.0 Å². The molecule has 0 aliphatic carbocycles. The first-order chi connectivity index (χ1) is 9.58. The molecule has 0 unspecified atom stereocenters. The average Bonchev–Trinajstić information content (AvgIpc) is 2.69. The van der Waals surface area contributed by atoms with Gasteiger partial charge in [0.05, 0.1) is 11.4 Å². The van der Waals surface area contributed by atoms with Crippen LogP contribution in [0.1, 0.15) is 11.1 Å². The second-order valence-electron chi connectivity index (χ2n) is 4.78. The van der Waals surface area contributed by atoms with Crippen molar-refractivity contribution in [2.45, 2.75) is 6.92 Å². The van der Waals surface area contributed by atoms with E-state index in [-0.39, 0.29) is 11.7 Å². The Balaban J connectivity index is 2.12. The molecule has 20 heavy (non-hydrogen) atoms. The Morgan fingerprint density at radius 1 is 1.15 bits per heavy atom. The molecule has 1 amide bonds. The lowest BCUT2D eigenvalue weighted by Crippen LogP contribution is -2.25. The van der Waals surface area contributed by atoms with Crippen molar-refractivity contribution in [1.82, 2.24) is 0 Å². The zero-order chi connectivity index (χ0) is 14.3. The first-order valence-corrected chi connectivity index (χ1v) is 6.30. The maximum atomic E-state index is 13.6. The smallest absolute Gasteiger partial charge is 0.277 e. The van der Waals surface area contributed by atoms with Crippen molar-refractivity contribution < 1.29 is 9.18 Å². The number of benzene rings is 2. The number of nitrogens with zero attached hydrogens (tertiary/aromatic N) is 2. The van der Waals surface area contributed by atoms with E-state index in [1.807, 2.05) is 24.3 Å². The van der Waals surface area contributed by atoms with Crippen LogP contribution in [0.15, 0.2) is 47.5 Å². The maximum Gasteiger partial charge on any atom is 0.277 e. The van der Waals surface area contributed by atoms with E-state index >= 15 is 0 Å². The summed E-state index contributed by atoms with van der Waals surface area (Å²) in [6.07, 6.45) is 0. The minimum Gasteiger partial charge on any atom is -0.309 e. The number of likely N-dealkylation sites (N-methyl/N-ethyl adjacent to an activating group) is 1. The van der Waals surface area contributed by atoms with Gasteiger partial charge in [0.25, 0.3) is 5.91 Å². The minimum absolute atomic E-state index is 0.174. The third-order valence-electron chi connectivity index (χ3n) is 3.42. The fraction of sp³-hybridized carbons (Fsp3) is 0.125. The topological polar surface area (TPSA) is 32.7 Å². The van der Waals surface area contributed by atoms with Crippen molar-refractivity contribution in [3.63, 3.8) is 0 Å². The van der Waals surface area contributed by atoms with Crippen LogP contribution in [0.4, 0.5) is 15.8 Å². The van der Waals surface area contributed by atoms with Crippen LogP contribution in [0.25, 0.3) is 0 Å². The highest BCUT2D eigenvalue weighted by Gasteiger charge is 2.30.